The molecular formula is C15H14BrN5O2. The summed E-state index contributed by atoms with van der Waals surface area (Å²) >= 11 is 3.38. The Labute approximate surface area is 140 Å². The lowest BCUT2D eigenvalue weighted by molar-refractivity contribution is 0.292. The zero-order valence-corrected chi connectivity index (χ0v) is 14.2. The summed E-state index contributed by atoms with van der Waals surface area (Å²) in [4.78, 5) is 16.2. The van der Waals surface area contributed by atoms with Gasteiger partial charge in [0.05, 0.1) is 5.69 Å². The van der Waals surface area contributed by atoms with E-state index in [1.54, 1.807) is 19.3 Å². The van der Waals surface area contributed by atoms with Crippen LogP contribution in [-0.4, -0.2) is 24.8 Å². The number of pyridine rings is 1. The molecule has 0 saturated heterocycles. The Hall–Kier alpha value is -2.48. The van der Waals surface area contributed by atoms with Crippen molar-refractivity contribution in [2.24, 2.45) is 7.05 Å². The second kappa shape index (κ2) is 6.33. The van der Waals surface area contributed by atoms with Crippen LogP contribution in [0.5, 0.6) is 5.88 Å². The third-order valence-electron chi connectivity index (χ3n) is 3.40. The normalized spacial score (nSPS) is 10.7. The Kier molecular flexibility index (Phi) is 4.24. The van der Waals surface area contributed by atoms with Crippen molar-refractivity contribution >= 4 is 15.9 Å². The van der Waals surface area contributed by atoms with Gasteiger partial charge in [-0.15, -0.1) is 0 Å². The molecule has 0 radical (unpaired) electrons. The second-order valence-electron chi connectivity index (χ2n) is 4.97. The molecule has 0 bridgehead atoms. The molecule has 0 amide bonds. The van der Waals surface area contributed by atoms with E-state index in [4.69, 9.17) is 4.74 Å². The summed E-state index contributed by atoms with van der Waals surface area (Å²) in [6.07, 6.45) is 1.66. The molecule has 0 saturated carbocycles. The Morgan fingerprint density at radius 3 is 2.78 bits per heavy atom. The van der Waals surface area contributed by atoms with Crippen LogP contribution in [0.3, 0.4) is 0 Å². The van der Waals surface area contributed by atoms with Crippen LogP contribution in [0.25, 0.3) is 5.69 Å². The highest BCUT2D eigenvalue weighted by Gasteiger charge is 2.13. The first kappa shape index (κ1) is 15.4. The van der Waals surface area contributed by atoms with E-state index in [0.717, 1.165) is 15.6 Å². The van der Waals surface area contributed by atoms with E-state index < -0.39 is 0 Å². The largest absolute Gasteiger partial charge is 0.473 e. The molecule has 3 rings (SSSR count). The standard InChI is InChI=1S/C15H14BrN5O2/c1-10-4-3-5-13(21-15(22)20(2)18-19-21)12(10)9-23-14-8-11(16)6-7-17-14/h3-8H,9H2,1-2H3. The van der Waals surface area contributed by atoms with E-state index in [1.165, 1.54) is 9.36 Å². The Morgan fingerprint density at radius 2 is 2.09 bits per heavy atom. The van der Waals surface area contributed by atoms with Gasteiger partial charge in [-0.2, -0.15) is 9.36 Å². The Bertz CT molecular complexity index is 903. The van der Waals surface area contributed by atoms with Gasteiger partial charge >= 0.3 is 5.69 Å². The van der Waals surface area contributed by atoms with E-state index >= 15 is 0 Å². The smallest absolute Gasteiger partial charge is 0.368 e. The van der Waals surface area contributed by atoms with Crippen LogP contribution < -0.4 is 10.4 Å². The number of benzene rings is 1. The fourth-order valence-corrected chi connectivity index (χ4v) is 2.46. The van der Waals surface area contributed by atoms with Crippen LogP contribution in [-0.2, 0) is 13.7 Å². The minimum Gasteiger partial charge on any atom is -0.473 e. The molecular weight excluding hydrogens is 362 g/mol. The number of tetrazole rings is 1. The van der Waals surface area contributed by atoms with E-state index in [9.17, 15) is 4.79 Å². The van der Waals surface area contributed by atoms with Gasteiger partial charge in [-0.25, -0.2) is 9.78 Å². The fourth-order valence-electron chi connectivity index (χ4n) is 2.15. The highest BCUT2D eigenvalue weighted by Crippen LogP contribution is 2.20. The summed E-state index contributed by atoms with van der Waals surface area (Å²) in [5.74, 6) is 0.500. The lowest BCUT2D eigenvalue weighted by atomic mass is 10.1. The van der Waals surface area contributed by atoms with Crippen LogP contribution in [0.1, 0.15) is 11.1 Å². The molecule has 0 spiro atoms. The number of hydrogen-bond acceptors (Lipinski definition) is 5. The first-order valence-electron chi connectivity index (χ1n) is 6.88. The maximum Gasteiger partial charge on any atom is 0.368 e. The predicted octanol–water partition coefficient (Wildman–Crippen LogP) is 2.01. The van der Waals surface area contributed by atoms with E-state index in [2.05, 4.69) is 31.3 Å². The van der Waals surface area contributed by atoms with Gasteiger partial charge in [0.25, 0.3) is 0 Å². The zero-order valence-electron chi connectivity index (χ0n) is 12.6. The zero-order chi connectivity index (χ0) is 16.4. The molecule has 3 aromatic rings. The Morgan fingerprint density at radius 1 is 1.26 bits per heavy atom. The summed E-state index contributed by atoms with van der Waals surface area (Å²) in [7, 11) is 1.56. The van der Waals surface area contributed by atoms with Crippen molar-refractivity contribution in [2.75, 3.05) is 0 Å². The second-order valence-corrected chi connectivity index (χ2v) is 5.89. The van der Waals surface area contributed by atoms with Crippen LogP contribution in [0, 0.1) is 6.92 Å². The van der Waals surface area contributed by atoms with Crippen molar-refractivity contribution in [2.45, 2.75) is 13.5 Å². The van der Waals surface area contributed by atoms with Gasteiger partial charge in [-0.05, 0) is 35.0 Å². The molecule has 0 fully saturated rings. The van der Waals surface area contributed by atoms with E-state index in [0.29, 0.717) is 11.6 Å². The molecule has 0 unspecified atom stereocenters. The highest BCUT2D eigenvalue weighted by molar-refractivity contribution is 9.10. The van der Waals surface area contributed by atoms with Crippen LogP contribution in [0.2, 0.25) is 0 Å². The van der Waals surface area contributed by atoms with Gasteiger partial charge in [-0.1, -0.05) is 28.1 Å². The maximum absolute atomic E-state index is 12.1. The Balaban J connectivity index is 1.96. The molecule has 0 aliphatic heterocycles. The number of hydrogen-bond donors (Lipinski definition) is 0. The van der Waals surface area contributed by atoms with Gasteiger partial charge in [0.1, 0.15) is 6.61 Å². The topological polar surface area (TPSA) is 74.8 Å². The molecule has 1 aromatic carbocycles. The SMILES string of the molecule is Cc1cccc(-n2nnn(C)c2=O)c1COc1cc(Br)ccn1. The fraction of sp³-hybridized carbons (Fsp3) is 0.200. The van der Waals surface area contributed by atoms with Gasteiger partial charge < -0.3 is 4.74 Å². The number of ether oxygens (including phenoxy) is 1. The van der Waals surface area contributed by atoms with Crippen LogP contribution in [0.4, 0.5) is 0 Å². The van der Waals surface area contributed by atoms with Crippen molar-refractivity contribution in [1.29, 1.82) is 0 Å². The lowest BCUT2D eigenvalue weighted by Gasteiger charge is -2.12. The quantitative estimate of drug-likeness (QED) is 0.697. The molecule has 7 nitrogen and oxygen atoms in total. The molecule has 118 valence electrons. The molecule has 0 aliphatic carbocycles. The summed E-state index contributed by atoms with van der Waals surface area (Å²) in [5.41, 5.74) is 2.20. The van der Waals surface area contributed by atoms with Gasteiger partial charge in [0.15, 0.2) is 0 Å². The third-order valence-corrected chi connectivity index (χ3v) is 3.89. The van der Waals surface area contributed by atoms with Crippen molar-refractivity contribution in [3.8, 4) is 11.6 Å². The molecule has 0 aliphatic rings. The number of rotatable bonds is 4. The third kappa shape index (κ3) is 3.16. The number of halogens is 1. The van der Waals surface area contributed by atoms with Crippen molar-refractivity contribution in [3.05, 3.63) is 62.6 Å². The van der Waals surface area contributed by atoms with Crippen LogP contribution >= 0.6 is 15.9 Å². The number of nitrogens with zero attached hydrogens (tertiary/aromatic N) is 5. The summed E-state index contributed by atoms with van der Waals surface area (Å²) in [6.45, 7) is 2.23. The first-order chi connectivity index (χ1) is 11.1. The monoisotopic (exact) mass is 375 g/mol. The first-order valence-corrected chi connectivity index (χ1v) is 7.68. The summed E-state index contributed by atoms with van der Waals surface area (Å²) in [6, 6.07) is 9.25. The highest BCUT2D eigenvalue weighted by atomic mass is 79.9. The average molecular weight is 376 g/mol. The van der Waals surface area contributed by atoms with Crippen molar-refractivity contribution < 1.29 is 4.74 Å². The lowest BCUT2D eigenvalue weighted by Crippen LogP contribution is -2.23. The van der Waals surface area contributed by atoms with E-state index in [1.807, 2.05) is 31.2 Å². The van der Waals surface area contributed by atoms with Gasteiger partial charge in [-0.3, -0.25) is 0 Å². The molecule has 23 heavy (non-hydrogen) atoms. The van der Waals surface area contributed by atoms with Crippen molar-refractivity contribution in [3.63, 3.8) is 0 Å². The predicted molar refractivity (Wildman–Crippen MR) is 87.6 cm³/mol. The molecule has 2 heterocycles. The molecule has 0 N–H and O–H groups in total. The van der Waals surface area contributed by atoms with Gasteiger partial charge in [0, 0.05) is 29.3 Å². The average Bonchev–Trinajstić information content (AvgIpc) is 2.86. The molecule has 0 atom stereocenters. The maximum atomic E-state index is 12.1. The minimum atomic E-state index is -0.308. The summed E-state index contributed by atoms with van der Waals surface area (Å²) in [5, 5.41) is 7.65. The van der Waals surface area contributed by atoms with Gasteiger partial charge in [0.2, 0.25) is 5.88 Å². The van der Waals surface area contributed by atoms with Crippen LogP contribution in [0.15, 0.2) is 45.8 Å². The molecule has 8 heteroatoms. The van der Waals surface area contributed by atoms with Crippen molar-refractivity contribution in [1.82, 2.24) is 24.8 Å². The number of aromatic nitrogens is 5. The van der Waals surface area contributed by atoms with E-state index in [-0.39, 0.29) is 12.3 Å². The number of aryl methyl sites for hydroxylation is 2. The summed E-state index contributed by atoms with van der Waals surface area (Å²) < 4.78 is 9.09. The minimum absolute atomic E-state index is 0.272. The molecule has 2 aromatic heterocycles.